The molecule has 0 aromatic rings. The molecule has 1 aliphatic rings. The molecular weight excluding hydrogens is 220 g/mol. The van der Waals surface area contributed by atoms with Crippen LogP contribution in [-0.2, 0) is 9.59 Å². The second-order valence-electron chi connectivity index (χ2n) is 4.94. The molecule has 1 N–H and O–H groups in total. The molecule has 0 bridgehead atoms. The third kappa shape index (κ3) is 5.17. The van der Waals surface area contributed by atoms with Crippen molar-refractivity contribution in [1.82, 2.24) is 9.80 Å². The lowest BCUT2D eigenvalue weighted by Crippen LogP contribution is -2.41. The predicted molar refractivity (Wildman–Crippen MR) is 64.7 cm³/mol. The fourth-order valence-corrected chi connectivity index (χ4v) is 2.09. The van der Waals surface area contributed by atoms with E-state index in [9.17, 15) is 9.59 Å². The molecule has 1 rings (SSSR count). The highest BCUT2D eigenvalue weighted by molar-refractivity contribution is 5.77. The van der Waals surface area contributed by atoms with Gasteiger partial charge in [-0.2, -0.15) is 0 Å². The summed E-state index contributed by atoms with van der Waals surface area (Å²) in [4.78, 5) is 25.7. The van der Waals surface area contributed by atoms with Crippen LogP contribution in [0.15, 0.2) is 0 Å². The molecule has 1 saturated heterocycles. The Balaban J connectivity index is 2.21. The first-order valence-corrected chi connectivity index (χ1v) is 6.13. The Morgan fingerprint density at radius 2 is 1.88 bits per heavy atom. The van der Waals surface area contributed by atoms with Gasteiger partial charge in [-0.1, -0.05) is 0 Å². The topological polar surface area (TPSA) is 60.9 Å². The van der Waals surface area contributed by atoms with Gasteiger partial charge in [0.25, 0.3) is 0 Å². The number of piperidine rings is 1. The van der Waals surface area contributed by atoms with E-state index in [0.717, 1.165) is 32.4 Å². The van der Waals surface area contributed by atoms with Gasteiger partial charge >= 0.3 is 5.97 Å². The number of carbonyl (C=O) groups excluding carboxylic acids is 1. The van der Waals surface area contributed by atoms with Crippen LogP contribution in [0.2, 0.25) is 0 Å². The Morgan fingerprint density at radius 1 is 1.29 bits per heavy atom. The normalized spacial score (nSPS) is 18.0. The van der Waals surface area contributed by atoms with Crippen molar-refractivity contribution >= 4 is 11.9 Å². The Bertz CT molecular complexity index is 271. The Kier molecular flexibility index (Phi) is 5.41. The number of aliphatic carboxylic acids is 1. The van der Waals surface area contributed by atoms with Crippen LogP contribution >= 0.6 is 0 Å². The number of amides is 1. The van der Waals surface area contributed by atoms with Crippen molar-refractivity contribution in [1.29, 1.82) is 0 Å². The second kappa shape index (κ2) is 6.59. The highest BCUT2D eigenvalue weighted by Gasteiger charge is 2.21. The minimum atomic E-state index is -0.713. The summed E-state index contributed by atoms with van der Waals surface area (Å²) in [6, 6.07) is 0. The van der Waals surface area contributed by atoms with Gasteiger partial charge in [-0.3, -0.25) is 14.5 Å². The first kappa shape index (κ1) is 14.0. The van der Waals surface area contributed by atoms with E-state index in [4.69, 9.17) is 5.11 Å². The summed E-state index contributed by atoms with van der Waals surface area (Å²) in [5, 5.41) is 8.62. The second-order valence-corrected chi connectivity index (χ2v) is 4.94. The number of nitrogens with zero attached hydrogens (tertiary/aromatic N) is 2. The first-order valence-electron chi connectivity index (χ1n) is 6.13. The summed E-state index contributed by atoms with van der Waals surface area (Å²) in [6.45, 7) is 2.30. The van der Waals surface area contributed by atoms with Crippen LogP contribution in [0, 0.1) is 5.92 Å². The summed E-state index contributed by atoms with van der Waals surface area (Å²) < 4.78 is 0. The van der Waals surface area contributed by atoms with Gasteiger partial charge in [0.1, 0.15) is 0 Å². The molecule has 0 unspecified atom stereocenters. The van der Waals surface area contributed by atoms with Crippen molar-refractivity contribution in [3.63, 3.8) is 0 Å². The summed E-state index contributed by atoms with van der Waals surface area (Å²) in [5.41, 5.74) is 0. The summed E-state index contributed by atoms with van der Waals surface area (Å²) in [6.07, 6.45) is 3.05. The summed E-state index contributed by atoms with van der Waals surface area (Å²) >= 11 is 0. The lowest BCUT2D eigenvalue weighted by molar-refractivity contribution is -0.137. The minimum absolute atomic E-state index is 0.133. The van der Waals surface area contributed by atoms with Gasteiger partial charge in [-0.25, -0.2) is 0 Å². The van der Waals surface area contributed by atoms with Crippen molar-refractivity contribution in [2.24, 2.45) is 5.92 Å². The maximum absolute atomic E-state index is 11.5. The molecule has 98 valence electrons. The molecule has 5 nitrogen and oxygen atoms in total. The third-order valence-corrected chi connectivity index (χ3v) is 3.33. The number of carboxylic acid groups (broad SMARTS) is 1. The molecule has 0 saturated carbocycles. The van der Waals surface area contributed by atoms with Crippen LogP contribution in [0.3, 0.4) is 0 Å². The molecule has 0 atom stereocenters. The molecule has 0 aromatic heterocycles. The zero-order valence-electron chi connectivity index (χ0n) is 10.7. The van der Waals surface area contributed by atoms with Crippen LogP contribution in [-0.4, -0.2) is 60.5 Å². The van der Waals surface area contributed by atoms with E-state index in [1.165, 1.54) is 0 Å². The Hall–Kier alpha value is -1.10. The smallest absolute Gasteiger partial charge is 0.303 e. The molecular formula is C12H22N2O3. The number of carbonyl (C=O) groups is 2. The van der Waals surface area contributed by atoms with Gasteiger partial charge in [-0.05, 0) is 38.3 Å². The number of likely N-dealkylation sites (N-methyl/N-ethyl adjacent to an activating group) is 1. The van der Waals surface area contributed by atoms with Crippen molar-refractivity contribution in [2.45, 2.75) is 25.7 Å². The van der Waals surface area contributed by atoms with E-state index in [2.05, 4.69) is 4.90 Å². The fourth-order valence-electron chi connectivity index (χ4n) is 2.09. The summed E-state index contributed by atoms with van der Waals surface area (Å²) in [5.74, 6) is -0.0685. The van der Waals surface area contributed by atoms with E-state index < -0.39 is 5.97 Å². The van der Waals surface area contributed by atoms with Gasteiger partial charge < -0.3 is 10.0 Å². The lowest BCUT2D eigenvalue weighted by Gasteiger charge is -2.31. The van der Waals surface area contributed by atoms with Crippen LogP contribution in [0.25, 0.3) is 0 Å². The van der Waals surface area contributed by atoms with E-state index in [1.54, 1.807) is 19.0 Å². The molecule has 0 aromatic carbocycles. The van der Waals surface area contributed by atoms with Gasteiger partial charge in [-0.15, -0.1) is 0 Å². The van der Waals surface area contributed by atoms with Crippen LogP contribution < -0.4 is 0 Å². The number of rotatable bonds is 5. The van der Waals surface area contributed by atoms with E-state index in [1.807, 2.05) is 0 Å². The number of carboxylic acids is 1. The number of likely N-dealkylation sites (tertiary alicyclic amines) is 1. The maximum atomic E-state index is 11.5. The molecule has 0 radical (unpaired) electrons. The van der Waals surface area contributed by atoms with E-state index >= 15 is 0 Å². The number of hydrogen-bond donors (Lipinski definition) is 1. The quantitative estimate of drug-likeness (QED) is 0.769. The lowest BCUT2D eigenvalue weighted by atomic mass is 9.92. The molecule has 1 heterocycles. The van der Waals surface area contributed by atoms with E-state index in [-0.39, 0.29) is 12.3 Å². The van der Waals surface area contributed by atoms with Crippen molar-refractivity contribution in [3.8, 4) is 0 Å². The molecule has 1 fully saturated rings. The molecule has 0 aliphatic carbocycles. The van der Waals surface area contributed by atoms with Gasteiger partial charge in [0.15, 0.2) is 0 Å². The van der Waals surface area contributed by atoms with Crippen LogP contribution in [0.5, 0.6) is 0 Å². The first-order chi connectivity index (χ1) is 7.99. The monoisotopic (exact) mass is 242 g/mol. The maximum Gasteiger partial charge on any atom is 0.303 e. The predicted octanol–water partition coefficient (Wildman–Crippen LogP) is 0.651. The highest BCUT2D eigenvalue weighted by atomic mass is 16.4. The van der Waals surface area contributed by atoms with Crippen molar-refractivity contribution in [3.05, 3.63) is 0 Å². The van der Waals surface area contributed by atoms with Crippen LogP contribution in [0.1, 0.15) is 25.7 Å². The van der Waals surface area contributed by atoms with Gasteiger partial charge in [0.05, 0.1) is 6.54 Å². The molecule has 1 amide bonds. The summed E-state index contributed by atoms with van der Waals surface area (Å²) in [7, 11) is 3.53. The Labute approximate surface area is 102 Å². The third-order valence-electron chi connectivity index (χ3n) is 3.33. The SMILES string of the molecule is CN(C)C(=O)CN1CCC(CCC(=O)O)CC1. The largest absolute Gasteiger partial charge is 0.481 e. The average molecular weight is 242 g/mol. The Morgan fingerprint density at radius 3 is 2.35 bits per heavy atom. The fraction of sp³-hybridized carbons (Fsp3) is 0.833. The van der Waals surface area contributed by atoms with Crippen molar-refractivity contribution in [2.75, 3.05) is 33.7 Å². The zero-order valence-corrected chi connectivity index (χ0v) is 10.7. The van der Waals surface area contributed by atoms with Crippen molar-refractivity contribution < 1.29 is 14.7 Å². The van der Waals surface area contributed by atoms with Crippen LogP contribution in [0.4, 0.5) is 0 Å². The number of hydrogen-bond acceptors (Lipinski definition) is 3. The molecule has 1 aliphatic heterocycles. The van der Waals surface area contributed by atoms with Gasteiger partial charge in [0.2, 0.25) is 5.91 Å². The molecule has 17 heavy (non-hydrogen) atoms. The van der Waals surface area contributed by atoms with Gasteiger partial charge in [0, 0.05) is 20.5 Å². The zero-order chi connectivity index (χ0) is 12.8. The highest BCUT2D eigenvalue weighted by Crippen LogP contribution is 2.21. The molecule has 5 heteroatoms. The minimum Gasteiger partial charge on any atom is -0.481 e. The standard InChI is InChI=1S/C12H22N2O3/c1-13(2)11(15)9-14-7-5-10(6-8-14)3-4-12(16)17/h10H,3-9H2,1-2H3,(H,16,17). The molecule has 0 spiro atoms. The average Bonchev–Trinajstić information content (AvgIpc) is 2.28. The van der Waals surface area contributed by atoms with E-state index in [0.29, 0.717) is 12.5 Å².